The van der Waals surface area contributed by atoms with Crippen molar-refractivity contribution in [3.05, 3.63) is 64.2 Å². The molecular formula is C22H28Cl2N8O2. The SMILES string of the molecule is Cl.O=C(Cn1ccnc(NCCCNCC2CC2)c1=O)NCc1cc(Cl)ccc1-n1cncn1. The van der Waals surface area contributed by atoms with Crippen molar-refractivity contribution in [3.63, 3.8) is 0 Å². The molecular weight excluding hydrogens is 479 g/mol. The number of amides is 1. The van der Waals surface area contributed by atoms with Crippen molar-refractivity contribution in [2.45, 2.75) is 32.4 Å². The zero-order valence-electron chi connectivity index (χ0n) is 18.6. The summed E-state index contributed by atoms with van der Waals surface area (Å²) in [6.07, 6.45) is 9.57. The van der Waals surface area contributed by atoms with Crippen molar-refractivity contribution in [2.75, 3.05) is 25.0 Å². The molecule has 0 bridgehead atoms. The van der Waals surface area contributed by atoms with E-state index in [1.807, 2.05) is 6.07 Å². The molecule has 2 aromatic heterocycles. The Hall–Kier alpha value is -2.95. The monoisotopic (exact) mass is 506 g/mol. The number of anilines is 1. The molecule has 3 aromatic rings. The second-order valence-electron chi connectivity index (χ2n) is 8.03. The molecule has 1 aliphatic rings. The van der Waals surface area contributed by atoms with Crippen molar-refractivity contribution in [3.8, 4) is 5.69 Å². The van der Waals surface area contributed by atoms with Crippen LogP contribution in [0, 0.1) is 5.92 Å². The first-order chi connectivity index (χ1) is 16.1. The van der Waals surface area contributed by atoms with E-state index in [-0.39, 0.29) is 42.8 Å². The summed E-state index contributed by atoms with van der Waals surface area (Å²) in [5, 5.41) is 14.0. The van der Waals surface area contributed by atoms with E-state index in [4.69, 9.17) is 11.6 Å². The van der Waals surface area contributed by atoms with E-state index >= 15 is 0 Å². The molecule has 1 aliphatic carbocycles. The van der Waals surface area contributed by atoms with Gasteiger partial charge >= 0.3 is 0 Å². The van der Waals surface area contributed by atoms with Crippen LogP contribution in [0.1, 0.15) is 24.8 Å². The van der Waals surface area contributed by atoms with Crippen LogP contribution in [0.25, 0.3) is 5.69 Å². The third kappa shape index (κ3) is 7.28. The van der Waals surface area contributed by atoms with Crippen LogP contribution < -0.4 is 21.5 Å². The third-order valence-corrected chi connectivity index (χ3v) is 5.60. The predicted molar refractivity (Wildman–Crippen MR) is 133 cm³/mol. The summed E-state index contributed by atoms with van der Waals surface area (Å²) < 4.78 is 2.94. The lowest BCUT2D eigenvalue weighted by Gasteiger charge is -2.12. The Kier molecular flexibility index (Phi) is 9.43. The van der Waals surface area contributed by atoms with Gasteiger partial charge in [-0.2, -0.15) is 5.10 Å². The molecule has 1 saturated carbocycles. The Morgan fingerprint density at radius 1 is 1.24 bits per heavy atom. The summed E-state index contributed by atoms with van der Waals surface area (Å²) in [7, 11) is 0. The van der Waals surface area contributed by atoms with Crippen LogP contribution in [0.15, 0.2) is 48.0 Å². The normalized spacial score (nSPS) is 12.7. The van der Waals surface area contributed by atoms with Gasteiger partial charge in [-0.25, -0.2) is 14.6 Å². The van der Waals surface area contributed by atoms with E-state index in [2.05, 4.69) is 31.0 Å². The highest BCUT2D eigenvalue weighted by Gasteiger charge is 2.19. The van der Waals surface area contributed by atoms with Crippen molar-refractivity contribution >= 4 is 35.7 Å². The number of halogens is 2. The van der Waals surface area contributed by atoms with E-state index in [9.17, 15) is 9.59 Å². The number of rotatable bonds is 12. The first-order valence-electron chi connectivity index (χ1n) is 11.0. The summed E-state index contributed by atoms with van der Waals surface area (Å²) in [5.41, 5.74) is 1.21. The van der Waals surface area contributed by atoms with E-state index in [1.165, 1.54) is 36.1 Å². The number of aromatic nitrogens is 5. The number of nitrogens with zero attached hydrogens (tertiary/aromatic N) is 5. The molecule has 12 heteroatoms. The van der Waals surface area contributed by atoms with Gasteiger partial charge in [-0.05, 0) is 62.0 Å². The van der Waals surface area contributed by atoms with Gasteiger partial charge in [0.1, 0.15) is 19.2 Å². The number of benzene rings is 1. The van der Waals surface area contributed by atoms with Crippen LogP contribution in [-0.4, -0.2) is 49.9 Å². The molecule has 2 heterocycles. The number of nitrogens with one attached hydrogen (secondary N) is 3. The lowest BCUT2D eigenvalue weighted by molar-refractivity contribution is -0.121. The Labute approximate surface area is 208 Å². The van der Waals surface area contributed by atoms with Gasteiger partial charge in [0, 0.05) is 30.5 Å². The van der Waals surface area contributed by atoms with E-state index in [0.29, 0.717) is 11.6 Å². The van der Waals surface area contributed by atoms with Gasteiger partial charge in [0.05, 0.1) is 5.69 Å². The number of hydrogen-bond donors (Lipinski definition) is 3. The third-order valence-electron chi connectivity index (χ3n) is 5.36. The van der Waals surface area contributed by atoms with Gasteiger partial charge in [0.25, 0.3) is 5.56 Å². The minimum atomic E-state index is -0.329. The minimum absolute atomic E-state index is 0. The van der Waals surface area contributed by atoms with Gasteiger partial charge in [0.15, 0.2) is 5.82 Å². The zero-order valence-corrected chi connectivity index (χ0v) is 20.2. The Bertz CT molecular complexity index is 1130. The topological polar surface area (TPSA) is 119 Å². The van der Waals surface area contributed by atoms with Crippen molar-refractivity contribution in [1.82, 2.24) is 34.9 Å². The average molecular weight is 507 g/mol. The molecule has 4 rings (SSSR count). The lowest BCUT2D eigenvalue weighted by Crippen LogP contribution is -2.33. The van der Waals surface area contributed by atoms with E-state index in [1.54, 1.807) is 23.1 Å². The first-order valence-corrected chi connectivity index (χ1v) is 11.4. The molecule has 34 heavy (non-hydrogen) atoms. The van der Waals surface area contributed by atoms with Crippen molar-refractivity contribution in [2.24, 2.45) is 5.92 Å². The van der Waals surface area contributed by atoms with Crippen LogP contribution in [-0.2, 0) is 17.9 Å². The van der Waals surface area contributed by atoms with Crippen molar-refractivity contribution < 1.29 is 4.79 Å². The fraction of sp³-hybridized carbons (Fsp3) is 0.409. The maximum absolute atomic E-state index is 12.7. The van der Waals surface area contributed by atoms with Crippen LogP contribution in [0.4, 0.5) is 5.82 Å². The largest absolute Gasteiger partial charge is 0.365 e. The summed E-state index contributed by atoms with van der Waals surface area (Å²) in [6, 6.07) is 5.32. The molecule has 0 radical (unpaired) electrons. The highest BCUT2D eigenvalue weighted by Crippen LogP contribution is 2.27. The van der Waals surface area contributed by atoms with Gasteiger partial charge in [-0.1, -0.05) is 11.6 Å². The summed E-state index contributed by atoms with van der Waals surface area (Å²) in [6.45, 7) is 2.72. The summed E-state index contributed by atoms with van der Waals surface area (Å²) in [4.78, 5) is 33.3. The molecule has 3 N–H and O–H groups in total. The molecule has 0 aliphatic heterocycles. The molecule has 0 atom stereocenters. The van der Waals surface area contributed by atoms with Crippen LogP contribution in [0.3, 0.4) is 0 Å². The van der Waals surface area contributed by atoms with Gasteiger partial charge in [-0.3, -0.25) is 9.59 Å². The smallest absolute Gasteiger partial charge is 0.293 e. The van der Waals surface area contributed by atoms with Gasteiger partial charge < -0.3 is 20.5 Å². The van der Waals surface area contributed by atoms with Gasteiger partial charge in [0.2, 0.25) is 5.91 Å². The Balaban J connectivity index is 0.00000324. The zero-order chi connectivity index (χ0) is 23.0. The standard InChI is InChI=1S/C22H27ClN8O2.ClH/c23-18-4-5-19(31-15-25-14-29-31)17(10-18)12-28-20(32)13-30-9-8-27-21(22(30)33)26-7-1-6-24-11-16-2-3-16;/h4-5,8-10,14-16,24H,1-3,6-7,11-13H2,(H,26,27)(H,28,32);1H. The predicted octanol–water partition coefficient (Wildman–Crippen LogP) is 2.02. The summed E-state index contributed by atoms with van der Waals surface area (Å²) >= 11 is 6.13. The lowest BCUT2D eigenvalue weighted by atomic mass is 10.1. The molecule has 0 saturated heterocycles. The minimum Gasteiger partial charge on any atom is -0.365 e. The van der Waals surface area contributed by atoms with E-state index in [0.717, 1.165) is 36.7 Å². The quantitative estimate of drug-likeness (QED) is 0.321. The fourth-order valence-corrected chi connectivity index (χ4v) is 3.59. The molecule has 182 valence electrons. The number of carbonyl (C=O) groups is 1. The molecule has 0 unspecified atom stereocenters. The maximum atomic E-state index is 12.7. The molecule has 0 spiro atoms. The van der Waals surface area contributed by atoms with Crippen molar-refractivity contribution in [1.29, 1.82) is 0 Å². The van der Waals surface area contributed by atoms with Crippen LogP contribution >= 0.6 is 24.0 Å². The van der Waals surface area contributed by atoms with Crippen LogP contribution in [0.2, 0.25) is 5.02 Å². The molecule has 10 nitrogen and oxygen atoms in total. The van der Waals surface area contributed by atoms with E-state index < -0.39 is 0 Å². The van der Waals surface area contributed by atoms with Crippen LogP contribution in [0.5, 0.6) is 0 Å². The maximum Gasteiger partial charge on any atom is 0.293 e. The average Bonchev–Trinajstić information content (AvgIpc) is 3.47. The first kappa shape index (κ1) is 25.7. The number of hydrogen-bond acceptors (Lipinski definition) is 7. The molecule has 1 aromatic carbocycles. The summed E-state index contributed by atoms with van der Waals surface area (Å²) in [5.74, 6) is 0.791. The second kappa shape index (κ2) is 12.5. The fourth-order valence-electron chi connectivity index (χ4n) is 3.40. The Morgan fingerprint density at radius 3 is 2.85 bits per heavy atom. The highest BCUT2D eigenvalue weighted by molar-refractivity contribution is 6.30. The van der Waals surface area contributed by atoms with Gasteiger partial charge in [-0.15, -0.1) is 12.4 Å². The molecule has 1 amide bonds. The Morgan fingerprint density at radius 2 is 2.09 bits per heavy atom. The number of carbonyl (C=O) groups excluding carboxylic acids is 1. The molecule has 1 fully saturated rings. The second-order valence-corrected chi connectivity index (χ2v) is 8.46. The highest BCUT2D eigenvalue weighted by atomic mass is 35.5.